The summed E-state index contributed by atoms with van der Waals surface area (Å²) in [7, 11) is 0. The summed E-state index contributed by atoms with van der Waals surface area (Å²) in [5.74, 6) is 0.817. The summed E-state index contributed by atoms with van der Waals surface area (Å²) in [6.45, 7) is 4.22. The molecule has 4 rings (SSSR count). The van der Waals surface area contributed by atoms with E-state index in [9.17, 15) is 9.90 Å². The maximum absolute atomic E-state index is 11.5. The summed E-state index contributed by atoms with van der Waals surface area (Å²) in [5, 5.41) is 10.3. The third-order valence-corrected chi connectivity index (χ3v) is 6.14. The van der Waals surface area contributed by atoms with Gasteiger partial charge in [0.05, 0.1) is 12.7 Å². The molecule has 1 heterocycles. The van der Waals surface area contributed by atoms with E-state index >= 15 is 0 Å². The number of fused-ring (bicyclic) bond motifs is 1. The minimum Gasteiger partial charge on any atom is -0.507 e. The van der Waals surface area contributed by atoms with E-state index in [1.165, 1.54) is 5.56 Å². The second kappa shape index (κ2) is 7.59. The van der Waals surface area contributed by atoms with Gasteiger partial charge in [-0.05, 0) is 50.3 Å². The van der Waals surface area contributed by atoms with Crippen molar-refractivity contribution < 1.29 is 24.1 Å². The van der Waals surface area contributed by atoms with Gasteiger partial charge in [-0.2, -0.15) is 0 Å². The first-order chi connectivity index (χ1) is 13.9. The fraction of sp³-hybridized carbons (Fsp3) is 0.435. The number of phenolic OH excluding ortho intramolecular Hbond substituents is 1. The van der Waals surface area contributed by atoms with E-state index < -0.39 is 17.8 Å². The molecule has 0 saturated heterocycles. The van der Waals surface area contributed by atoms with Crippen molar-refractivity contribution >= 4 is 6.09 Å². The molecule has 0 bridgehead atoms. The number of aryl methyl sites for hydroxylation is 1. The molecule has 6 nitrogen and oxygen atoms in total. The van der Waals surface area contributed by atoms with Crippen LogP contribution in [0.1, 0.15) is 47.6 Å². The maximum atomic E-state index is 11.5. The highest BCUT2D eigenvalue weighted by atomic mass is 16.6. The highest BCUT2D eigenvalue weighted by Gasteiger charge is 2.55. The van der Waals surface area contributed by atoms with E-state index in [0.717, 1.165) is 24.8 Å². The third-order valence-electron chi connectivity index (χ3n) is 6.14. The topological polar surface area (TPSA) is 91.0 Å². The van der Waals surface area contributed by atoms with Gasteiger partial charge in [0.2, 0.25) is 0 Å². The van der Waals surface area contributed by atoms with Crippen molar-refractivity contribution in [3.63, 3.8) is 0 Å². The smallest absolute Gasteiger partial charge is 0.405 e. The van der Waals surface area contributed by atoms with Crippen LogP contribution >= 0.6 is 0 Å². The van der Waals surface area contributed by atoms with Crippen LogP contribution in [0.25, 0.3) is 0 Å². The maximum Gasteiger partial charge on any atom is 0.405 e. The normalized spacial score (nSPS) is 25.0. The quantitative estimate of drug-likeness (QED) is 0.793. The molecular formula is C23H27NO5. The van der Waals surface area contributed by atoms with Crippen molar-refractivity contribution in [1.82, 2.24) is 0 Å². The Morgan fingerprint density at radius 3 is 2.72 bits per heavy atom. The molecule has 1 aliphatic carbocycles. The zero-order chi connectivity index (χ0) is 20.6. The molecule has 2 aromatic rings. The van der Waals surface area contributed by atoms with Crippen molar-refractivity contribution in [1.29, 1.82) is 0 Å². The standard InChI is InChI=1S/C23H27NO5/c1-14-12-17-20(15(2)21(14)25)18(28-22(24)26)13-23(29-17)10-8-19(23)27-11-9-16-6-4-3-5-7-16/h3-7,12,18-19,25H,8-11,13H2,1-2H3,(H2,24,26). The lowest BCUT2D eigenvalue weighted by molar-refractivity contribution is -0.180. The highest BCUT2D eigenvalue weighted by molar-refractivity contribution is 5.66. The van der Waals surface area contributed by atoms with Gasteiger partial charge < -0.3 is 25.1 Å². The van der Waals surface area contributed by atoms with Crippen LogP contribution in [-0.4, -0.2) is 29.5 Å². The Balaban J connectivity index is 1.54. The molecule has 6 heteroatoms. The Bertz CT molecular complexity index is 913. The van der Waals surface area contributed by atoms with Crippen molar-refractivity contribution in [2.45, 2.75) is 57.3 Å². The van der Waals surface area contributed by atoms with Crippen LogP contribution in [0.15, 0.2) is 36.4 Å². The fourth-order valence-electron chi connectivity index (χ4n) is 4.49. The first kappa shape index (κ1) is 19.6. The van der Waals surface area contributed by atoms with Gasteiger partial charge >= 0.3 is 6.09 Å². The van der Waals surface area contributed by atoms with Gasteiger partial charge in [-0.25, -0.2) is 4.79 Å². The Labute approximate surface area is 170 Å². The lowest BCUT2D eigenvalue weighted by atomic mass is 9.70. The SMILES string of the molecule is Cc1cc2c(c(C)c1O)C(OC(N)=O)CC1(CCC1OCCc1ccccc1)O2. The van der Waals surface area contributed by atoms with Gasteiger partial charge in [-0.3, -0.25) is 0 Å². The van der Waals surface area contributed by atoms with Crippen LogP contribution in [0.2, 0.25) is 0 Å². The number of aromatic hydroxyl groups is 1. The molecule has 0 aromatic heterocycles. The Morgan fingerprint density at radius 2 is 2.07 bits per heavy atom. The summed E-state index contributed by atoms with van der Waals surface area (Å²) in [6.07, 6.45) is 1.53. The number of rotatable bonds is 5. The van der Waals surface area contributed by atoms with Crippen molar-refractivity contribution in [3.8, 4) is 11.5 Å². The molecule has 2 aromatic carbocycles. The highest BCUT2D eigenvalue weighted by Crippen LogP contribution is 2.53. The number of hydrogen-bond acceptors (Lipinski definition) is 5. The minimum atomic E-state index is -0.835. The summed E-state index contributed by atoms with van der Waals surface area (Å²) >= 11 is 0. The molecule has 0 radical (unpaired) electrons. The molecule has 2 aliphatic rings. The summed E-state index contributed by atoms with van der Waals surface area (Å²) < 4.78 is 18.1. The zero-order valence-electron chi connectivity index (χ0n) is 16.8. The average molecular weight is 397 g/mol. The van der Waals surface area contributed by atoms with Crippen LogP contribution < -0.4 is 10.5 Å². The van der Waals surface area contributed by atoms with Crippen molar-refractivity contribution in [2.75, 3.05) is 6.61 Å². The van der Waals surface area contributed by atoms with Crippen molar-refractivity contribution in [3.05, 3.63) is 58.7 Å². The first-order valence-corrected chi connectivity index (χ1v) is 10.0. The first-order valence-electron chi connectivity index (χ1n) is 10.0. The average Bonchev–Trinajstić information content (AvgIpc) is 2.68. The van der Waals surface area contributed by atoms with Gasteiger partial charge in [0.25, 0.3) is 0 Å². The molecule has 29 heavy (non-hydrogen) atoms. The third kappa shape index (κ3) is 3.65. The van der Waals surface area contributed by atoms with Gasteiger partial charge in [0.1, 0.15) is 23.2 Å². The van der Waals surface area contributed by atoms with Crippen LogP contribution in [0.3, 0.4) is 0 Å². The van der Waals surface area contributed by atoms with Gasteiger partial charge in [0, 0.05) is 17.5 Å². The van der Waals surface area contributed by atoms with E-state index in [4.69, 9.17) is 19.9 Å². The molecule has 3 atom stereocenters. The van der Waals surface area contributed by atoms with E-state index in [0.29, 0.717) is 29.9 Å². The number of amides is 1. The minimum absolute atomic E-state index is 0.0762. The monoisotopic (exact) mass is 397 g/mol. The molecule has 3 unspecified atom stereocenters. The Hall–Kier alpha value is -2.73. The molecule has 1 fully saturated rings. The largest absolute Gasteiger partial charge is 0.507 e. The number of hydrogen-bond donors (Lipinski definition) is 2. The fourth-order valence-corrected chi connectivity index (χ4v) is 4.49. The number of benzene rings is 2. The number of nitrogens with two attached hydrogens (primary N) is 1. The van der Waals surface area contributed by atoms with Gasteiger partial charge in [-0.15, -0.1) is 0 Å². The van der Waals surface area contributed by atoms with Gasteiger partial charge in [-0.1, -0.05) is 30.3 Å². The lowest BCUT2D eigenvalue weighted by Gasteiger charge is -2.52. The van der Waals surface area contributed by atoms with Crippen molar-refractivity contribution in [2.24, 2.45) is 5.73 Å². The molecular weight excluding hydrogens is 370 g/mol. The zero-order valence-corrected chi connectivity index (χ0v) is 16.8. The van der Waals surface area contributed by atoms with Crippen LogP contribution in [0.5, 0.6) is 11.5 Å². The summed E-state index contributed by atoms with van der Waals surface area (Å²) in [4.78, 5) is 11.5. The van der Waals surface area contributed by atoms with Crippen LogP contribution in [0.4, 0.5) is 4.79 Å². The molecule has 1 aliphatic heterocycles. The van der Waals surface area contributed by atoms with E-state index in [1.54, 1.807) is 13.0 Å². The van der Waals surface area contributed by atoms with E-state index in [2.05, 4.69) is 12.1 Å². The molecule has 1 saturated carbocycles. The molecule has 1 amide bonds. The van der Waals surface area contributed by atoms with E-state index in [-0.39, 0.29) is 11.9 Å². The second-order valence-electron chi connectivity index (χ2n) is 8.01. The van der Waals surface area contributed by atoms with Crippen LogP contribution in [0, 0.1) is 13.8 Å². The molecule has 154 valence electrons. The predicted octanol–water partition coefficient (Wildman–Crippen LogP) is 4.09. The summed E-state index contributed by atoms with van der Waals surface area (Å²) in [5.41, 5.74) is 8.08. The number of primary amides is 1. The second-order valence-corrected chi connectivity index (χ2v) is 8.01. The van der Waals surface area contributed by atoms with Crippen LogP contribution in [-0.2, 0) is 15.9 Å². The van der Waals surface area contributed by atoms with Gasteiger partial charge in [0.15, 0.2) is 0 Å². The number of carbonyl (C=O) groups is 1. The number of carbonyl (C=O) groups excluding carboxylic acids is 1. The predicted molar refractivity (Wildman–Crippen MR) is 108 cm³/mol. The molecule has 1 spiro atoms. The van der Waals surface area contributed by atoms with E-state index in [1.807, 2.05) is 25.1 Å². The number of ether oxygens (including phenoxy) is 3. The summed E-state index contributed by atoms with van der Waals surface area (Å²) in [6, 6.07) is 12.0. The number of phenols is 1. The lowest BCUT2D eigenvalue weighted by Crippen LogP contribution is -2.60. The molecule has 3 N–H and O–H groups in total. The Morgan fingerprint density at radius 1 is 1.31 bits per heavy atom. The Kier molecular flexibility index (Phi) is 5.13.